The number of phenols is 1. The molecule has 1 fully saturated rings. The Bertz CT molecular complexity index is 1150. The van der Waals surface area contributed by atoms with Crippen LogP contribution in [0.1, 0.15) is 53.6 Å². The highest BCUT2D eigenvalue weighted by Gasteiger charge is 2.49. The average Bonchev–Trinajstić information content (AvgIpc) is 3.03. The van der Waals surface area contributed by atoms with Gasteiger partial charge >= 0.3 is 5.97 Å². The first-order valence-corrected chi connectivity index (χ1v) is 10.1. The number of benzene rings is 3. The number of esters is 1. The average molecular weight is 386 g/mol. The first kappa shape index (κ1) is 17.9. The number of carbonyl (C=O) groups is 2. The van der Waals surface area contributed by atoms with Gasteiger partial charge in [-0.05, 0) is 59.9 Å². The van der Waals surface area contributed by atoms with Gasteiger partial charge in [-0.1, -0.05) is 37.3 Å². The second-order valence-electron chi connectivity index (χ2n) is 8.36. The molecule has 0 aliphatic heterocycles. The minimum Gasteiger partial charge on any atom is -0.508 e. The van der Waals surface area contributed by atoms with Gasteiger partial charge in [0.1, 0.15) is 17.3 Å². The van der Waals surface area contributed by atoms with Gasteiger partial charge < -0.3 is 9.84 Å². The lowest BCUT2D eigenvalue weighted by Crippen LogP contribution is -2.32. The molecule has 2 aliphatic carbocycles. The Hall–Kier alpha value is -3.14. The minimum absolute atomic E-state index is 0.0602. The van der Waals surface area contributed by atoms with Crippen molar-refractivity contribution in [3.8, 4) is 11.5 Å². The summed E-state index contributed by atoms with van der Waals surface area (Å²) in [5, 5.41) is 11.9. The molecule has 29 heavy (non-hydrogen) atoms. The Morgan fingerprint density at radius 1 is 1.10 bits per heavy atom. The van der Waals surface area contributed by atoms with Crippen molar-refractivity contribution in [3.63, 3.8) is 0 Å². The third kappa shape index (κ3) is 2.74. The molecule has 3 aromatic carbocycles. The fourth-order valence-electron chi connectivity index (χ4n) is 5.18. The highest BCUT2D eigenvalue weighted by Crippen LogP contribution is 2.55. The van der Waals surface area contributed by atoms with E-state index in [4.69, 9.17) is 4.74 Å². The molecule has 0 bridgehead atoms. The summed E-state index contributed by atoms with van der Waals surface area (Å²) >= 11 is 0. The molecule has 4 nitrogen and oxygen atoms in total. The second kappa shape index (κ2) is 6.45. The van der Waals surface area contributed by atoms with Crippen LogP contribution in [0.3, 0.4) is 0 Å². The number of rotatable bonds is 2. The van der Waals surface area contributed by atoms with Crippen LogP contribution in [0, 0.1) is 5.41 Å². The van der Waals surface area contributed by atoms with Crippen molar-refractivity contribution >= 4 is 22.5 Å². The van der Waals surface area contributed by atoms with E-state index in [0.717, 1.165) is 35.6 Å². The predicted octanol–water partition coefficient (Wildman–Crippen LogP) is 5.16. The van der Waals surface area contributed by atoms with Gasteiger partial charge in [0.05, 0.1) is 5.56 Å². The molecule has 146 valence electrons. The molecule has 1 saturated carbocycles. The molecule has 5 rings (SSSR count). The number of ketones is 1. The van der Waals surface area contributed by atoms with Crippen molar-refractivity contribution in [1.29, 1.82) is 0 Å². The first-order chi connectivity index (χ1) is 14.0. The molecule has 0 aromatic heterocycles. The number of Topliss-reactive ketones (excluding diaryl/α,β-unsaturated/α-hetero) is 1. The van der Waals surface area contributed by atoms with Crippen LogP contribution in [0.5, 0.6) is 11.5 Å². The van der Waals surface area contributed by atoms with Crippen molar-refractivity contribution in [2.45, 2.75) is 38.5 Å². The molecule has 2 aliphatic rings. The molecule has 0 heterocycles. The molecular weight excluding hydrogens is 364 g/mol. The zero-order valence-electron chi connectivity index (χ0n) is 16.3. The van der Waals surface area contributed by atoms with Crippen molar-refractivity contribution in [2.75, 3.05) is 0 Å². The standard InChI is InChI=1S/C25H22O4/c1-25-12-11-19-18(20(25)9-10-22(25)27)8-7-16-13-17(26)14-21(23(16)19)29-24(28)15-5-3-2-4-6-15/h2-8,13-14,20,26H,9-12H2,1H3/t20-,25-/m0/s1. The Kier molecular flexibility index (Phi) is 3.98. The second-order valence-corrected chi connectivity index (χ2v) is 8.36. The molecule has 3 aromatic rings. The monoisotopic (exact) mass is 386 g/mol. The SMILES string of the molecule is C[C@]12CCc3c(ccc4cc(O)cc(OC(=O)c5ccccc5)c34)[C@@H]1CCC2=O. The molecule has 1 N–H and O–H groups in total. The molecule has 4 heteroatoms. The topological polar surface area (TPSA) is 63.6 Å². The van der Waals surface area contributed by atoms with Gasteiger partial charge in [0, 0.05) is 23.3 Å². The third-order valence-electron chi connectivity index (χ3n) is 6.76. The van der Waals surface area contributed by atoms with E-state index in [1.165, 1.54) is 11.6 Å². The molecule has 0 spiro atoms. The minimum atomic E-state index is -0.452. The van der Waals surface area contributed by atoms with Crippen molar-refractivity contribution in [2.24, 2.45) is 5.41 Å². The molecule has 0 unspecified atom stereocenters. The zero-order valence-corrected chi connectivity index (χ0v) is 16.3. The third-order valence-corrected chi connectivity index (χ3v) is 6.76. The maximum Gasteiger partial charge on any atom is 0.343 e. The van der Waals surface area contributed by atoms with Crippen LogP contribution >= 0.6 is 0 Å². The summed E-state index contributed by atoms with van der Waals surface area (Å²) in [6, 6.07) is 16.1. The van der Waals surface area contributed by atoms with Crippen LogP contribution in [0.15, 0.2) is 54.6 Å². The summed E-state index contributed by atoms with van der Waals surface area (Å²) in [4.78, 5) is 25.2. The van der Waals surface area contributed by atoms with Crippen LogP contribution in [-0.4, -0.2) is 16.9 Å². The molecule has 2 atom stereocenters. The number of carbonyl (C=O) groups excluding carboxylic acids is 2. The van der Waals surface area contributed by atoms with Crippen LogP contribution in [0.4, 0.5) is 0 Å². The van der Waals surface area contributed by atoms with Gasteiger partial charge in [0.25, 0.3) is 0 Å². The van der Waals surface area contributed by atoms with E-state index in [2.05, 4.69) is 13.0 Å². The van der Waals surface area contributed by atoms with E-state index in [-0.39, 0.29) is 17.1 Å². The lowest BCUT2D eigenvalue weighted by Gasteiger charge is -2.37. The van der Waals surface area contributed by atoms with Crippen molar-refractivity contribution in [3.05, 3.63) is 71.3 Å². The van der Waals surface area contributed by atoms with E-state index in [1.807, 2.05) is 12.1 Å². The fraction of sp³-hybridized carbons (Fsp3) is 0.280. The molecule has 0 amide bonds. The quantitative estimate of drug-likeness (QED) is 0.488. The number of hydrogen-bond donors (Lipinski definition) is 1. The number of ether oxygens (including phenoxy) is 1. The Labute approximate surface area is 169 Å². The smallest absolute Gasteiger partial charge is 0.343 e. The predicted molar refractivity (Wildman–Crippen MR) is 110 cm³/mol. The highest BCUT2D eigenvalue weighted by atomic mass is 16.5. The lowest BCUT2D eigenvalue weighted by atomic mass is 9.66. The summed E-state index contributed by atoms with van der Waals surface area (Å²) < 4.78 is 5.75. The summed E-state index contributed by atoms with van der Waals surface area (Å²) in [7, 11) is 0. The molecule has 0 saturated heterocycles. The molecule has 0 radical (unpaired) electrons. The summed E-state index contributed by atoms with van der Waals surface area (Å²) in [5.41, 5.74) is 2.48. The van der Waals surface area contributed by atoms with E-state index < -0.39 is 5.97 Å². The maximum atomic E-state index is 12.7. The Morgan fingerprint density at radius 2 is 1.90 bits per heavy atom. The number of aryl methyl sites for hydroxylation is 1. The maximum absolute atomic E-state index is 12.7. The fourth-order valence-corrected chi connectivity index (χ4v) is 5.18. The summed E-state index contributed by atoms with van der Waals surface area (Å²) in [5.74, 6) is 0.541. The lowest BCUT2D eigenvalue weighted by molar-refractivity contribution is -0.126. The summed E-state index contributed by atoms with van der Waals surface area (Å²) in [6.07, 6.45) is 3.05. The van der Waals surface area contributed by atoms with Gasteiger partial charge in [-0.25, -0.2) is 4.79 Å². The molecular formula is C25H22O4. The first-order valence-electron chi connectivity index (χ1n) is 10.1. The number of phenolic OH excluding ortho intramolecular Hbond substituents is 1. The zero-order chi connectivity index (χ0) is 20.2. The summed E-state index contributed by atoms with van der Waals surface area (Å²) in [6.45, 7) is 2.09. The van der Waals surface area contributed by atoms with Gasteiger partial charge in [0.15, 0.2) is 0 Å². The normalized spacial score (nSPS) is 22.9. The van der Waals surface area contributed by atoms with Gasteiger partial charge in [-0.15, -0.1) is 0 Å². The van der Waals surface area contributed by atoms with Gasteiger partial charge in [-0.3, -0.25) is 4.79 Å². The number of fused-ring (bicyclic) bond motifs is 5. The number of hydrogen-bond acceptors (Lipinski definition) is 4. The number of aromatic hydroxyl groups is 1. The van der Waals surface area contributed by atoms with Crippen LogP contribution < -0.4 is 4.74 Å². The highest BCUT2D eigenvalue weighted by molar-refractivity contribution is 5.99. The van der Waals surface area contributed by atoms with E-state index in [1.54, 1.807) is 30.3 Å². The van der Waals surface area contributed by atoms with Gasteiger partial charge in [0.2, 0.25) is 0 Å². The van der Waals surface area contributed by atoms with Crippen LogP contribution in [0.2, 0.25) is 0 Å². The van der Waals surface area contributed by atoms with Crippen molar-refractivity contribution in [1.82, 2.24) is 0 Å². The van der Waals surface area contributed by atoms with E-state index in [0.29, 0.717) is 23.5 Å². The van der Waals surface area contributed by atoms with Crippen molar-refractivity contribution < 1.29 is 19.4 Å². The van der Waals surface area contributed by atoms with Gasteiger partial charge in [-0.2, -0.15) is 0 Å². The van der Waals surface area contributed by atoms with E-state index >= 15 is 0 Å². The van der Waals surface area contributed by atoms with Crippen LogP contribution in [0.25, 0.3) is 10.8 Å². The largest absolute Gasteiger partial charge is 0.508 e. The Balaban J connectivity index is 1.65. The Morgan fingerprint density at radius 3 is 2.69 bits per heavy atom. The van der Waals surface area contributed by atoms with E-state index in [9.17, 15) is 14.7 Å². The van der Waals surface area contributed by atoms with Crippen LogP contribution in [-0.2, 0) is 11.2 Å².